The zero-order valence-corrected chi connectivity index (χ0v) is 11.9. The number of aromatic hydroxyl groups is 1. The van der Waals surface area contributed by atoms with Gasteiger partial charge in [-0.15, -0.1) is 0 Å². The molecule has 1 aromatic rings. The van der Waals surface area contributed by atoms with Crippen molar-refractivity contribution in [2.75, 3.05) is 32.5 Å². The summed E-state index contributed by atoms with van der Waals surface area (Å²) in [4.78, 5) is -0.0261. The van der Waals surface area contributed by atoms with E-state index in [2.05, 4.69) is 0 Å². The summed E-state index contributed by atoms with van der Waals surface area (Å²) in [6, 6.07) is 5.59. The van der Waals surface area contributed by atoms with E-state index in [9.17, 15) is 13.5 Å². The highest BCUT2D eigenvalue weighted by molar-refractivity contribution is 7.89. The number of methoxy groups -OCH3 is 1. The standard InChI is InChI=1S/C12H17N3O4S/c1-19-8-7-15(6-2-5-13)20(17,18)10-3-4-12(16)11(14)9-10/h3-4,9,16H,2,6-8,14H2,1H3. The summed E-state index contributed by atoms with van der Waals surface area (Å²) in [5, 5.41) is 17.9. The maximum absolute atomic E-state index is 12.4. The first-order chi connectivity index (χ1) is 9.43. The Kier molecular flexibility index (Phi) is 5.76. The molecule has 20 heavy (non-hydrogen) atoms. The van der Waals surface area contributed by atoms with E-state index >= 15 is 0 Å². The summed E-state index contributed by atoms with van der Waals surface area (Å²) in [5.74, 6) is -0.176. The quantitative estimate of drug-likeness (QED) is 0.560. The highest BCUT2D eigenvalue weighted by Gasteiger charge is 2.24. The molecule has 0 saturated heterocycles. The predicted octanol–water partition coefficient (Wildman–Crippen LogP) is 0.525. The van der Waals surface area contributed by atoms with Gasteiger partial charge in [0.15, 0.2) is 0 Å². The monoisotopic (exact) mass is 299 g/mol. The first-order valence-electron chi connectivity index (χ1n) is 5.88. The minimum atomic E-state index is -3.77. The SMILES string of the molecule is COCCN(CCC#N)S(=O)(=O)c1ccc(O)c(N)c1. The molecule has 0 atom stereocenters. The van der Waals surface area contributed by atoms with Crippen LogP contribution in [-0.2, 0) is 14.8 Å². The molecule has 0 aliphatic rings. The molecular weight excluding hydrogens is 282 g/mol. The summed E-state index contributed by atoms with van der Waals surface area (Å²) < 4.78 is 30.9. The summed E-state index contributed by atoms with van der Waals surface area (Å²) >= 11 is 0. The Morgan fingerprint density at radius 2 is 2.15 bits per heavy atom. The minimum absolute atomic E-state index is 0.0157. The molecule has 0 fully saturated rings. The number of sulfonamides is 1. The van der Waals surface area contributed by atoms with Crippen molar-refractivity contribution < 1.29 is 18.3 Å². The van der Waals surface area contributed by atoms with Crippen LogP contribution in [0.25, 0.3) is 0 Å². The van der Waals surface area contributed by atoms with Crippen LogP contribution in [0.3, 0.4) is 0 Å². The molecule has 0 saturated carbocycles. The van der Waals surface area contributed by atoms with Gasteiger partial charge in [0.1, 0.15) is 5.75 Å². The Labute approximate surface area is 118 Å². The summed E-state index contributed by atoms with van der Waals surface area (Å²) in [6.07, 6.45) is 0.0799. The van der Waals surface area contributed by atoms with Crippen molar-refractivity contribution >= 4 is 15.7 Å². The lowest BCUT2D eigenvalue weighted by atomic mass is 10.3. The number of benzene rings is 1. The molecule has 0 unspecified atom stereocenters. The van der Waals surface area contributed by atoms with Crippen LogP contribution < -0.4 is 5.73 Å². The molecule has 1 rings (SSSR count). The third-order valence-electron chi connectivity index (χ3n) is 2.65. The van der Waals surface area contributed by atoms with Crippen molar-refractivity contribution in [1.82, 2.24) is 4.31 Å². The van der Waals surface area contributed by atoms with Gasteiger partial charge in [0, 0.05) is 26.6 Å². The highest BCUT2D eigenvalue weighted by atomic mass is 32.2. The lowest BCUT2D eigenvalue weighted by molar-refractivity contribution is 0.179. The normalized spacial score (nSPS) is 11.4. The van der Waals surface area contributed by atoms with E-state index in [0.717, 1.165) is 4.31 Å². The molecule has 3 N–H and O–H groups in total. The minimum Gasteiger partial charge on any atom is -0.506 e. The molecule has 0 aromatic heterocycles. The van der Waals surface area contributed by atoms with Crippen LogP contribution >= 0.6 is 0 Å². The van der Waals surface area contributed by atoms with Gasteiger partial charge >= 0.3 is 0 Å². The average molecular weight is 299 g/mol. The summed E-state index contributed by atoms with van der Waals surface area (Å²) in [7, 11) is -2.31. The van der Waals surface area contributed by atoms with E-state index in [0.29, 0.717) is 0 Å². The molecule has 110 valence electrons. The van der Waals surface area contributed by atoms with Crippen molar-refractivity contribution in [3.05, 3.63) is 18.2 Å². The Hall–Kier alpha value is -1.82. The van der Waals surface area contributed by atoms with Gasteiger partial charge in [0.25, 0.3) is 0 Å². The smallest absolute Gasteiger partial charge is 0.243 e. The predicted molar refractivity (Wildman–Crippen MR) is 73.4 cm³/mol. The van der Waals surface area contributed by atoms with Gasteiger partial charge in [-0.3, -0.25) is 0 Å². The van der Waals surface area contributed by atoms with Crippen molar-refractivity contribution in [3.8, 4) is 11.8 Å². The molecule has 1 aromatic carbocycles. The number of nitrogens with two attached hydrogens (primary N) is 1. The molecule has 0 amide bonds. The Morgan fingerprint density at radius 3 is 2.70 bits per heavy atom. The Balaban J connectivity index is 3.07. The number of nitrogens with zero attached hydrogens (tertiary/aromatic N) is 2. The number of rotatable bonds is 7. The van der Waals surface area contributed by atoms with E-state index in [1.165, 1.54) is 25.3 Å². The number of hydrogen-bond acceptors (Lipinski definition) is 6. The molecule has 8 heteroatoms. The first kappa shape index (κ1) is 16.2. The lowest BCUT2D eigenvalue weighted by Gasteiger charge is -2.21. The molecule has 0 bridgehead atoms. The fourth-order valence-electron chi connectivity index (χ4n) is 1.56. The van der Waals surface area contributed by atoms with Gasteiger partial charge in [-0.05, 0) is 18.2 Å². The Morgan fingerprint density at radius 1 is 1.45 bits per heavy atom. The number of nitrogen functional groups attached to an aromatic ring is 1. The Bertz CT molecular complexity index is 595. The van der Waals surface area contributed by atoms with Crippen LogP contribution in [0.1, 0.15) is 6.42 Å². The molecule has 0 heterocycles. The van der Waals surface area contributed by atoms with Crippen molar-refractivity contribution in [2.45, 2.75) is 11.3 Å². The van der Waals surface area contributed by atoms with E-state index < -0.39 is 10.0 Å². The van der Waals surface area contributed by atoms with Crippen LogP contribution in [-0.4, -0.2) is 44.6 Å². The maximum Gasteiger partial charge on any atom is 0.243 e. The lowest BCUT2D eigenvalue weighted by Crippen LogP contribution is -2.34. The maximum atomic E-state index is 12.4. The third kappa shape index (κ3) is 3.84. The van der Waals surface area contributed by atoms with E-state index in [4.69, 9.17) is 15.7 Å². The fraction of sp³-hybridized carbons (Fsp3) is 0.417. The van der Waals surface area contributed by atoms with Crippen molar-refractivity contribution in [2.24, 2.45) is 0 Å². The fourth-order valence-corrected chi connectivity index (χ4v) is 3.02. The van der Waals surface area contributed by atoms with Gasteiger partial charge in [-0.2, -0.15) is 9.57 Å². The van der Waals surface area contributed by atoms with Crippen LogP contribution in [0.15, 0.2) is 23.1 Å². The van der Waals surface area contributed by atoms with Gasteiger partial charge < -0.3 is 15.6 Å². The second-order valence-corrected chi connectivity index (χ2v) is 5.96. The average Bonchev–Trinajstić information content (AvgIpc) is 2.41. The van der Waals surface area contributed by atoms with Crippen LogP contribution in [0.2, 0.25) is 0 Å². The number of nitriles is 1. The third-order valence-corrected chi connectivity index (χ3v) is 4.55. The molecule has 0 aliphatic carbocycles. The van der Waals surface area contributed by atoms with E-state index in [1.54, 1.807) is 0 Å². The van der Waals surface area contributed by atoms with E-state index in [-0.39, 0.29) is 42.4 Å². The number of phenols is 1. The van der Waals surface area contributed by atoms with Gasteiger partial charge in [-0.1, -0.05) is 0 Å². The number of ether oxygens (including phenoxy) is 1. The number of hydrogen-bond donors (Lipinski definition) is 2. The van der Waals surface area contributed by atoms with Crippen LogP contribution in [0, 0.1) is 11.3 Å². The van der Waals surface area contributed by atoms with Gasteiger partial charge in [0.05, 0.1) is 23.3 Å². The first-order valence-corrected chi connectivity index (χ1v) is 7.32. The molecule has 0 aliphatic heterocycles. The van der Waals surface area contributed by atoms with Crippen molar-refractivity contribution in [1.29, 1.82) is 5.26 Å². The van der Waals surface area contributed by atoms with Crippen molar-refractivity contribution in [3.63, 3.8) is 0 Å². The largest absolute Gasteiger partial charge is 0.506 e. The number of phenolic OH excluding ortho intramolecular Hbond substituents is 1. The second-order valence-electron chi connectivity index (χ2n) is 4.03. The van der Waals surface area contributed by atoms with Crippen LogP contribution in [0.5, 0.6) is 5.75 Å². The summed E-state index contributed by atoms with van der Waals surface area (Å²) in [6.45, 7) is 0.433. The van der Waals surface area contributed by atoms with Crippen LogP contribution in [0.4, 0.5) is 5.69 Å². The zero-order valence-electron chi connectivity index (χ0n) is 11.1. The highest BCUT2D eigenvalue weighted by Crippen LogP contribution is 2.25. The topological polar surface area (TPSA) is 117 Å². The molecular formula is C12H17N3O4S. The van der Waals surface area contributed by atoms with Gasteiger partial charge in [0.2, 0.25) is 10.0 Å². The molecule has 0 radical (unpaired) electrons. The molecule has 7 nitrogen and oxygen atoms in total. The number of anilines is 1. The molecule has 0 spiro atoms. The zero-order chi connectivity index (χ0) is 15.2. The second kappa shape index (κ2) is 7.09. The summed E-state index contributed by atoms with van der Waals surface area (Å²) in [5.41, 5.74) is 5.49. The van der Waals surface area contributed by atoms with E-state index in [1.807, 2.05) is 6.07 Å². The van der Waals surface area contributed by atoms with Gasteiger partial charge in [-0.25, -0.2) is 8.42 Å².